The van der Waals surface area contributed by atoms with Gasteiger partial charge in [-0.15, -0.1) is 0 Å². The quantitative estimate of drug-likeness (QED) is 0.798. The maximum atomic E-state index is 12.7. The van der Waals surface area contributed by atoms with Crippen molar-refractivity contribution in [2.45, 2.75) is 30.8 Å². The van der Waals surface area contributed by atoms with Crippen molar-refractivity contribution in [1.82, 2.24) is 4.31 Å². The van der Waals surface area contributed by atoms with Gasteiger partial charge in [-0.1, -0.05) is 0 Å². The molecular formula is C20H24N2O5S. The summed E-state index contributed by atoms with van der Waals surface area (Å²) >= 11 is 0. The molecule has 0 atom stereocenters. The minimum atomic E-state index is -3.60. The molecule has 0 radical (unpaired) electrons. The van der Waals surface area contributed by atoms with Gasteiger partial charge in [-0.2, -0.15) is 4.31 Å². The van der Waals surface area contributed by atoms with Crippen molar-refractivity contribution in [3.8, 4) is 5.75 Å². The summed E-state index contributed by atoms with van der Waals surface area (Å²) in [6.07, 6.45) is 0.439. The highest BCUT2D eigenvalue weighted by Gasteiger charge is 2.28. The molecule has 1 heterocycles. The second-order valence-corrected chi connectivity index (χ2v) is 8.74. The zero-order valence-electron chi connectivity index (χ0n) is 15.9. The van der Waals surface area contributed by atoms with E-state index in [1.165, 1.54) is 16.4 Å². The Bertz CT molecular complexity index is 949. The second-order valence-electron chi connectivity index (χ2n) is 6.80. The van der Waals surface area contributed by atoms with Gasteiger partial charge in [0.15, 0.2) is 0 Å². The van der Waals surface area contributed by atoms with Crippen LogP contribution < -0.4 is 10.1 Å². The van der Waals surface area contributed by atoms with Crippen molar-refractivity contribution in [1.29, 1.82) is 0 Å². The highest BCUT2D eigenvalue weighted by molar-refractivity contribution is 7.89. The van der Waals surface area contributed by atoms with E-state index in [0.717, 1.165) is 5.56 Å². The van der Waals surface area contributed by atoms with Crippen LogP contribution in [0.2, 0.25) is 0 Å². The van der Waals surface area contributed by atoms with Gasteiger partial charge in [-0.3, -0.25) is 4.79 Å². The third-order valence-electron chi connectivity index (χ3n) is 4.83. The van der Waals surface area contributed by atoms with Gasteiger partial charge in [0.1, 0.15) is 5.75 Å². The Labute approximate surface area is 165 Å². The molecule has 0 unspecified atom stereocenters. The molecule has 2 N–H and O–H groups in total. The van der Waals surface area contributed by atoms with E-state index in [9.17, 15) is 18.3 Å². The lowest BCUT2D eigenvalue weighted by molar-refractivity contribution is 0.102. The Balaban J connectivity index is 1.70. The van der Waals surface area contributed by atoms with E-state index < -0.39 is 16.1 Å². The Hall–Kier alpha value is -2.42. The molecule has 1 fully saturated rings. The third-order valence-corrected chi connectivity index (χ3v) is 6.74. The van der Waals surface area contributed by atoms with E-state index in [1.54, 1.807) is 37.4 Å². The number of carbonyl (C=O) groups is 1. The fourth-order valence-electron chi connectivity index (χ4n) is 3.16. The number of ether oxygens (including phenoxy) is 1. The molecule has 28 heavy (non-hydrogen) atoms. The molecule has 8 heteroatoms. The van der Waals surface area contributed by atoms with Crippen LogP contribution >= 0.6 is 0 Å². The van der Waals surface area contributed by atoms with Crippen molar-refractivity contribution >= 4 is 21.6 Å². The van der Waals surface area contributed by atoms with Crippen LogP contribution in [0.25, 0.3) is 0 Å². The van der Waals surface area contributed by atoms with Gasteiger partial charge in [0.05, 0.1) is 18.1 Å². The average molecular weight is 404 g/mol. The number of hydrogen-bond donors (Lipinski definition) is 2. The number of anilines is 1. The molecule has 0 bridgehead atoms. The van der Waals surface area contributed by atoms with E-state index in [-0.39, 0.29) is 10.8 Å². The first-order chi connectivity index (χ1) is 13.3. The summed E-state index contributed by atoms with van der Waals surface area (Å²) in [5.41, 5.74) is 1.84. The largest absolute Gasteiger partial charge is 0.496 e. The molecule has 2 aromatic carbocycles. The second kappa shape index (κ2) is 8.30. The number of rotatable bonds is 5. The van der Waals surface area contributed by atoms with E-state index in [0.29, 0.717) is 42.9 Å². The van der Waals surface area contributed by atoms with E-state index in [4.69, 9.17) is 4.74 Å². The van der Waals surface area contributed by atoms with Gasteiger partial charge in [-0.05, 0) is 67.8 Å². The molecule has 0 aliphatic carbocycles. The molecule has 0 aromatic heterocycles. The lowest BCUT2D eigenvalue weighted by Crippen LogP contribution is -2.39. The summed E-state index contributed by atoms with van der Waals surface area (Å²) in [6, 6.07) is 11.2. The lowest BCUT2D eigenvalue weighted by atomic mass is 10.1. The Morgan fingerprint density at radius 3 is 2.36 bits per heavy atom. The van der Waals surface area contributed by atoms with Crippen molar-refractivity contribution in [3.63, 3.8) is 0 Å². The van der Waals surface area contributed by atoms with E-state index in [1.807, 2.05) is 6.92 Å². The molecule has 1 amide bonds. The summed E-state index contributed by atoms with van der Waals surface area (Å²) in [5, 5.41) is 12.3. The normalized spacial score (nSPS) is 16.0. The number of sulfonamides is 1. The zero-order valence-corrected chi connectivity index (χ0v) is 16.7. The van der Waals surface area contributed by atoms with Crippen LogP contribution in [0, 0.1) is 6.92 Å². The number of nitrogens with one attached hydrogen (secondary N) is 1. The summed E-state index contributed by atoms with van der Waals surface area (Å²) in [5.74, 6) is 0.419. The number of aryl methyl sites for hydroxylation is 1. The zero-order chi connectivity index (χ0) is 20.3. The van der Waals surface area contributed by atoms with Crippen LogP contribution in [-0.2, 0) is 10.0 Å². The number of nitrogens with zero attached hydrogens (tertiary/aromatic N) is 1. The number of aliphatic hydroxyl groups excluding tert-OH is 1. The minimum absolute atomic E-state index is 0.169. The SMILES string of the molecule is COc1ccc(C(=O)Nc2ccc(S(=O)(=O)N3CCC(O)CC3)cc2)cc1C. The first-order valence-corrected chi connectivity index (χ1v) is 10.5. The molecular weight excluding hydrogens is 380 g/mol. The Morgan fingerprint density at radius 2 is 1.79 bits per heavy atom. The number of aliphatic hydroxyl groups is 1. The minimum Gasteiger partial charge on any atom is -0.496 e. The van der Waals surface area contributed by atoms with Crippen LogP contribution in [0.4, 0.5) is 5.69 Å². The van der Waals surface area contributed by atoms with Gasteiger partial charge in [0.2, 0.25) is 10.0 Å². The fourth-order valence-corrected chi connectivity index (χ4v) is 4.63. The number of amides is 1. The molecule has 150 valence electrons. The number of carbonyl (C=O) groups excluding carboxylic acids is 1. The predicted octanol–water partition coefficient (Wildman–Crippen LogP) is 2.40. The molecule has 1 aliphatic heterocycles. The van der Waals surface area contributed by atoms with Crippen LogP contribution in [0.15, 0.2) is 47.4 Å². The maximum Gasteiger partial charge on any atom is 0.255 e. The molecule has 2 aromatic rings. The number of methoxy groups -OCH3 is 1. The summed E-state index contributed by atoms with van der Waals surface area (Å²) in [4.78, 5) is 12.6. The number of benzene rings is 2. The monoisotopic (exact) mass is 404 g/mol. The van der Waals surface area contributed by atoms with E-state index in [2.05, 4.69) is 5.32 Å². The molecule has 7 nitrogen and oxygen atoms in total. The van der Waals surface area contributed by atoms with Gasteiger partial charge >= 0.3 is 0 Å². The predicted molar refractivity (Wildman–Crippen MR) is 106 cm³/mol. The molecule has 0 saturated carbocycles. The van der Waals surface area contributed by atoms with E-state index >= 15 is 0 Å². The van der Waals surface area contributed by atoms with Gasteiger partial charge in [0.25, 0.3) is 5.91 Å². The van der Waals surface area contributed by atoms with Crippen molar-refractivity contribution in [2.24, 2.45) is 0 Å². The van der Waals surface area contributed by atoms with Crippen LogP contribution in [0.5, 0.6) is 5.75 Å². The highest BCUT2D eigenvalue weighted by Crippen LogP contribution is 2.23. The van der Waals surface area contributed by atoms with Gasteiger partial charge in [-0.25, -0.2) is 8.42 Å². The maximum absolute atomic E-state index is 12.7. The molecule has 1 saturated heterocycles. The van der Waals surface area contributed by atoms with Crippen molar-refractivity contribution in [3.05, 3.63) is 53.6 Å². The third kappa shape index (κ3) is 4.35. The summed E-state index contributed by atoms with van der Waals surface area (Å²) in [7, 11) is -2.03. The van der Waals surface area contributed by atoms with Crippen LogP contribution in [0.1, 0.15) is 28.8 Å². The topological polar surface area (TPSA) is 95.9 Å². The Kier molecular flexibility index (Phi) is 6.02. The first kappa shape index (κ1) is 20.3. The molecule has 0 spiro atoms. The molecule has 3 rings (SSSR count). The standard InChI is InChI=1S/C20H24N2O5S/c1-14-13-15(3-8-19(14)27-2)20(24)21-16-4-6-18(7-5-16)28(25,26)22-11-9-17(23)10-12-22/h3-8,13,17,23H,9-12H2,1-2H3,(H,21,24). The first-order valence-electron chi connectivity index (χ1n) is 9.05. The fraction of sp³-hybridized carbons (Fsp3) is 0.350. The van der Waals surface area contributed by atoms with Gasteiger partial charge in [0, 0.05) is 24.3 Å². The van der Waals surface area contributed by atoms with Crippen molar-refractivity contribution in [2.75, 3.05) is 25.5 Å². The average Bonchev–Trinajstić information content (AvgIpc) is 2.68. The van der Waals surface area contributed by atoms with Crippen LogP contribution in [-0.4, -0.2) is 50.0 Å². The molecule has 1 aliphatic rings. The lowest BCUT2D eigenvalue weighted by Gasteiger charge is -2.28. The summed E-state index contributed by atoms with van der Waals surface area (Å²) in [6.45, 7) is 2.46. The van der Waals surface area contributed by atoms with Crippen LogP contribution in [0.3, 0.4) is 0 Å². The number of piperidine rings is 1. The highest BCUT2D eigenvalue weighted by atomic mass is 32.2. The van der Waals surface area contributed by atoms with Crippen molar-refractivity contribution < 1.29 is 23.1 Å². The number of hydrogen-bond acceptors (Lipinski definition) is 5. The van der Waals surface area contributed by atoms with Gasteiger partial charge < -0.3 is 15.2 Å². The smallest absolute Gasteiger partial charge is 0.255 e. The summed E-state index contributed by atoms with van der Waals surface area (Å²) < 4.78 is 32.0. The Morgan fingerprint density at radius 1 is 1.14 bits per heavy atom.